The lowest BCUT2D eigenvalue weighted by Crippen LogP contribution is -2.67. The molecule has 1 aromatic carbocycles. The Morgan fingerprint density at radius 2 is 1.83 bits per heavy atom. The SMILES string of the molecule is CC(C)(C)c1ccc(OCCCNC(=O)N2C(C)(C)CC(N)CC2(C)C)c(Br)c1. The molecule has 1 fully saturated rings. The van der Waals surface area contributed by atoms with Crippen LogP contribution < -0.4 is 15.8 Å². The number of hydrogen-bond acceptors (Lipinski definition) is 3. The van der Waals surface area contributed by atoms with E-state index in [-0.39, 0.29) is 28.6 Å². The van der Waals surface area contributed by atoms with Gasteiger partial charge in [0.15, 0.2) is 0 Å². The number of likely N-dealkylation sites (tertiary alicyclic amines) is 1. The van der Waals surface area contributed by atoms with Crippen LogP contribution in [0, 0.1) is 0 Å². The quantitative estimate of drug-likeness (QED) is 0.584. The summed E-state index contributed by atoms with van der Waals surface area (Å²) >= 11 is 3.60. The fraction of sp³-hybridized carbons (Fsp3) is 0.696. The monoisotopic (exact) mass is 467 g/mol. The minimum absolute atomic E-state index is 0.0254. The van der Waals surface area contributed by atoms with E-state index in [1.165, 1.54) is 5.56 Å². The predicted octanol–water partition coefficient (Wildman–Crippen LogP) is 5.21. The molecule has 2 amide bonds. The van der Waals surface area contributed by atoms with E-state index in [0.717, 1.165) is 29.5 Å². The number of carbonyl (C=O) groups is 1. The number of benzene rings is 1. The maximum atomic E-state index is 12.9. The summed E-state index contributed by atoms with van der Waals surface area (Å²) in [6.45, 7) is 16.1. The van der Waals surface area contributed by atoms with E-state index in [0.29, 0.717) is 13.2 Å². The summed E-state index contributed by atoms with van der Waals surface area (Å²) in [6, 6.07) is 6.32. The lowest BCUT2D eigenvalue weighted by molar-refractivity contribution is 0.00313. The van der Waals surface area contributed by atoms with Gasteiger partial charge in [0.1, 0.15) is 5.75 Å². The molecule has 1 aliphatic rings. The van der Waals surface area contributed by atoms with Crippen LogP contribution in [0.4, 0.5) is 4.79 Å². The molecule has 0 aliphatic carbocycles. The summed E-state index contributed by atoms with van der Waals surface area (Å²) in [5, 5.41) is 3.06. The van der Waals surface area contributed by atoms with Gasteiger partial charge in [0.05, 0.1) is 11.1 Å². The van der Waals surface area contributed by atoms with Gasteiger partial charge in [0.25, 0.3) is 0 Å². The van der Waals surface area contributed by atoms with Gasteiger partial charge in [0.2, 0.25) is 0 Å². The molecular weight excluding hydrogens is 430 g/mol. The third-order valence-electron chi connectivity index (χ3n) is 5.59. The number of nitrogens with two attached hydrogens (primary N) is 1. The van der Waals surface area contributed by atoms with Gasteiger partial charge >= 0.3 is 6.03 Å². The number of nitrogens with zero attached hydrogens (tertiary/aromatic N) is 1. The van der Waals surface area contributed by atoms with Crippen LogP contribution in [-0.2, 0) is 5.41 Å². The molecule has 6 heteroatoms. The summed E-state index contributed by atoms with van der Waals surface area (Å²) < 4.78 is 6.86. The zero-order chi connectivity index (χ0) is 22.0. The number of nitrogens with one attached hydrogen (secondary N) is 1. The van der Waals surface area contributed by atoms with Crippen molar-refractivity contribution in [2.24, 2.45) is 5.73 Å². The first-order chi connectivity index (χ1) is 13.2. The first-order valence-corrected chi connectivity index (χ1v) is 11.3. The van der Waals surface area contributed by atoms with Crippen molar-refractivity contribution >= 4 is 22.0 Å². The highest BCUT2D eigenvalue weighted by Gasteiger charge is 2.46. The van der Waals surface area contributed by atoms with E-state index in [1.807, 2.05) is 11.0 Å². The molecule has 0 unspecified atom stereocenters. The molecule has 0 spiro atoms. The van der Waals surface area contributed by atoms with Crippen molar-refractivity contribution in [3.8, 4) is 5.75 Å². The first-order valence-electron chi connectivity index (χ1n) is 10.5. The largest absolute Gasteiger partial charge is 0.492 e. The molecule has 0 atom stereocenters. The normalized spacial score (nSPS) is 19.1. The highest BCUT2D eigenvalue weighted by atomic mass is 79.9. The Morgan fingerprint density at radius 1 is 1.24 bits per heavy atom. The molecule has 1 aromatic rings. The summed E-state index contributed by atoms with van der Waals surface area (Å²) in [4.78, 5) is 14.8. The van der Waals surface area contributed by atoms with Crippen molar-refractivity contribution in [2.75, 3.05) is 13.2 Å². The summed E-state index contributed by atoms with van der Waals surface area (Å²) in [5.74, 6) is 0.830. The molecule has 0 radical (unpaired) electrons. The Labute approximate surface area is 184 Å². The van der Waals surface area contributed by atoms with Gasteiger partial charge in [-0.25, -0.2) is 4.79 Å². The third kappa shape index (κ3) is 6.11. The highest BCUT2D eigenvalue weighted by Crippen LogP contribution is 2.37. The average Bonchev–Trinajstić information content (AvgIpc) is 2.51. The van der Waals surface area contributed by atoms with E-state index in [2.05, 4.69) is 81.8 Å². The number of carbonyl (C=O) groups excluding carboxylic acids is 1. The number of piperidine rings is 1. The molecule has 0 aromatic heterocycles. The standard InChI is InChI=1S/C23H38BrN3O2/c1-21(2,3)16-9-10-19(18(24)13-16)29-12-8-11-26-20(28)27-22(4,5)14-17(25)15-23(27,6)7/h9-10,13,17H,8,11-12,14-15,25H2,1-7H3,(H,26,28). The molecule has 0 bridgehead atoms. The highest BCUT2D eigenvalue weighted by molar-refractivity contribution is 9.10. The number of rotatable bonds is 5. The van der Waals surface area contributed by atoms with Gasteiger partial charge in [-0.3, -0.25) is 0 Å². The molecule has 5 nitrogen and oxygen atoms in total. The fourth-order valence-electron chi connectivity index (χ4n) is 4.52. The van der Waals surface area contributed by atoms with E-state index < -0.39 is 0 Å². The first kappa shape index (κ1) is 24.0. The lowest BCUT2D eigenvalue weighted by atomic mass is 9.77. The second-order valence-corrected chi connectivity index (χ2v) is 11.3. The van der Waals surface area contributed by atoms with Gasteiger partial charge in [-0.1, -0.05) is 26.8 Å². The lowest BCUT2D eigenvalue weighted by Gasteiger charge is -2.54. The Morgan fingerprint density at radius 3 is 2.34 bits per heavy atom. The van der Waals surface area contributed by atoms with Crippen LogP contribution in [0.15, 0.2) is 22.7 Å². The number of hydrogen-bond donors (Lipinski definition) is 2. The Kier molecular flexibility index (Phi) is 7.32. The summed E-state index contributed by atoms with van der Waals surface area (Å²) in [5.41, 5.74) is 7.05. The molecule has 164 valence electrons. The number of urea groups is 1. The maximum absolute atomic E-state index is 12.9. The Hall–Kier alpha value is -1.27. The minimum atomic E-state index is -0.262. The van der Waals surface area contributed by atoms with E-state index >= 15 is 0 Å². The summed E-state index contributed by atoms with van der Waals surface area (Å²) in [6.07, 6.45) is 2.37. The van der Waals surface area contributed by atoms with E-state index in [4.69, 9.17) is 10.5 Å². The topological polar surface area (TPSA) is 67.6 Å². The molecule has 1 heterocycles. The minimum Gasteiger partial charge on any atom is -0.492 e. The van der Waals surface area contributed by atoms with Crippen molar-refractivity contribution in [3.05, 3.63) is 28.2 Å². The molecule has 1 aliphatic heterocycles. The van der Waals surface area contributed by atoms with Gasteiger partial charge < -0.3 is 20.7 Å². The molecule has 0 saturated carbocycles. The van der Waals surface area contributed by atoms with Crippen LogP contribution in [0.1, 0.15) is 73.3 Å². The van der Waals surface area contributed by atoms with Crippen molar-refractivity contribution < 1.29 is 9.53 Å². The van der Waals surface area contributed by atoms with Gasteiger partial charge in [0, 0.05) is 23.7 Å². The molecule has 2 rings (SSSR count). The van der Waals surface area contributed by atoms with E-state index in [1.54, 1.807) is 0 Å². The van der Waals surface area contributed by atoms with Crippen LogP contribution in [0.25, 0.3) is 0 Å². The van der Waals surface area contributed by atoms with Gasteiger partial charge in [-0.15, -0.1) is 0 Å². The van der Waals surface area contributed by atoms with Crippen LogP contribution in [0.5, 0.6) is 5.75 Å². The average molecular weight is 468 g/mol. The van der Waals surface area contributed by atoms with Crippen LogP contribution in [0.2, 0.25) is 0 Å². The van der Waals surface area contributed by atoms with Crippen molar-refractivity contribution in [2.45, 2.75) is 90.3 Å². The zero-order valence-corrected chi connectivity index (χ0v) is 20.6. The third-order valence-corrected chi connectivity index (χ3v) is 6.21. The van der Waals surface area contributed by atoms with Crippen LogP contribution in [0.3, 0.4) is 0 Å². The van der Waals surface area contributed by atoms with Crippen LogP contribution >= 0.6 is 15.9 Å². The van der Waals surface area contributed by atoms with Crippen LogP contribution in [-0.4, -0.2) is 41.2 Å². The van der Waals surface area contributed by atoms with Crippen molar-refractivity contribution in [3.63, 3.8) is 0 Å². The molecule has 3 N–H and O–H groups in total. The van der Waals surface area contributed by atoms with Gasteiger partial charge in [-0.05, 0) is 86.0 Å². The number of amides is 2. The summed E-state index contributed by atoms with van der Waals surface area (Å²) in [7, 11) is 0. The van der Waals surface area contributed by atoms with E-state index in [9.17, 15) is 4.79 Å². The predicted molar refractivity (Wildman–Crippen MR) is 124 cm³/mol. The van der Waals surface area contributed by atoms with Crippen molar-refractivity contribution in [1.82, 2.24) is 10.2 Å². The number of ether oxygens (including phenoxy) is 1. The zero-order valence-electron chi connectivity index (χ0n) is 19.1. The number of halogens is 1. The second-order valence-electron chi connectivity index (χ2n) is 10.5. The van der Waals surface area contributed by atoms with Crippen molar-refractivity contribution in [1.29, 1.82) is 0 Å². The molecule has 29 heavy (non-hydrogen) atoms. The smallest absolute Gasteiger partial charge is 0.318 e. The second kappa shape index (κ2) is 8.84. The Bertz CT molecular complexity index is 707. The molecule has 1 saturated heterocycles. The Balaban J connectivity index is 1.84. The fourth-order valence-corrected chi connectivity index (χ4v) is 5.01. The van der Waals surface area contributed by atoms with Gasteiger partial charge in [-0.2, -0.15) is 0 Å². The maximum Gasteiger partial charge on any atom is 0.318 e. The molecular formula is C23H38BrN3O2.